The summed E-state index contributed by atoms with van der Waals surface area (Å²) in [5.41, 5.74) is 1.52. The highest BCUT2D eigenvalue weighted by molar-refractivity contribution is 5.90. The quantitative estimate of drug-likeness (QED) is 0.411. The van der Waals surface area contributed by atoms with Crippen molar-refractivity contribution in [2.45, 2.75) is 13.1 Å². The lowest BCUT2D eigenvalue weighted by Gasteiger charge is -2.06. The van der Waals surface area contributed by atoms with E-state index in [1.807, 2.05) is 24.3 Å². The second kappa shape index (κ2) is 7.31. The predicted octanol–water partition coefficient (Wildman–Crippen LogP) is 2.83. The number of benzene rings is 2. The first-order valence-corrected chi connectivity index (χ1v) is 8.54. The van der Waals surface area contributed by atoms with Gasteiger partial charge < -0.3 is 5.32 Å². The molecule has 9 heteroatoms. The number of amides is 1. The molecule has 140 valence electrons. The molecule has 1 amide bonds. The van der Waals surface area contributed by atoms with Crippen LogP contribution in [-0.4, -0.2) is 30.4 Å². The maximum Gasteiger partial charge on any atom is 0.307 e. The van der Waals surface area contributed by atoms with Crippen LogP contribution < -0.4 is 5.32 Å². The molecular formula is C19H16N6O3. The lowest BCUT2D eigenvalue weighted by molar-refractivity contribution is -0.385. The minimum Gasteiger partial charge on any atom is -0.322 e. The van der Waals surface area contributed by atoms with E-state index >= 15 is 0 Å². The number of nitrogens with zero attached hydrogens (tertiary/aromatic N) is 5. The van der Waals surface area contributed by atoms with Crippen molar-refractivity contribution in [2.24, 2.45) is 0 Å². The smallest absolute Gasteiger partial charge is 0.307 e. The number of carbonyl (C=O) groups excluding carboxylic acids is 1. The normalized spacial score (nSPS) is 10.9. The molecule has 9 nitrogen and oxygen atoms in total. The molecule has 0 unspecified atom stereocenters. The molecule has 28 heavy (non-hydrogen) atoms. The Morgan fingerprint density at radius 1 is 1.04 bits per heavy atom. The fraction of sp³-hybridized carbons (Fsp3) is 0.105. The molecule has 0 aliphatic carbocycles. The van der Waals surface area contributed by atoms with Crippen LogP contribution in [0.15, 0.2) is 67.3 Å². The summed E-state index contributed by atoms with van der Waals surface area (Å²) in [5, 5.41) is 23.8. The Morgan fingerprint density at radius 2 is 1.82 bits per heavy atom. The van der Waals surface area contributed by atoms with Crippen LogP contribution in [0, 0.1) is 10.1 Å². The highest BCUT2D eigenvalue weighted by Crippen LogP contribution is 2.19. The maximum atomic E-state index is 12.1. The van der Waals surface area contributed by atoms with Crippen molar-refractivity contribution in [1.82, 2.24) is 19.6 Å². The van der Waals surface area contributed by atoms with Crippen molar-refractivity contribution in [3.05, 3.63) is 82.9 Å². The van der Waals surface area contributed by atoms with Gasteiger partial charge in [-0.25, -0.2) is 0 Å². The third-order valence-corrected chi connectivity index (χ3v) is 4.27. The van der Waals surface area contributed by atoms with Crippen LogP contribution in [0.2, 0.25) is 0 Å². The lowest BCUT2D eigenvalue weighted by atomic mass is 10.0. The summed E-state index contributed by atoms with van der Waals surface area (Å²) in [6.45, 7) is 0.449. The number of hydrogen-bond acceptors (Lipinski definition) is 5. The Balaban J connectivity index is 1.42. The highest BCUT2D eigenvalue weighted by atomic mass is 16.6. The molecule has 4 rings (SSSR count). The fourth-order valence-electron chi connectivity index (χ4n) is 3.00. The summed E-state index contributed by atoms with van der Waals surface area (Å²) in [4.78, 5) is 22.2. The minimum absolute atomic E-state index is 0.123. The van der Waals surface area contributed by atoms with E-state index in [1.54, 1.807) is 17.1 Å². The number of hydrogen-bond donors (Lipinski definition) is 1. The highest BCUT2D eigenvalue weighted by Gasteiger charge is 2.12. The largest absolute Gasteiger partial charge is 0.322 e. The molecule has 0 fully saturated rings. The first-order valence-electron chi connectivity index (χ1n) is 8.54. The first-order chi connectivity index (χ1) is 13.6. The van der Waals surface area contributed by atoms with Crippen molar-refractivity contribution in [3.8, 4) is 0 Å². The van der Waals surface area contributed by atoms with Crippen LogP contribution in [0.5, 0.6) is 0 Å². The number of nitro groups is 1. The molecule has 2 heterocycles. The zero-order valence-electron chi connectivity index (χ0n) is 14.7. The molecule has 0 spiro atoms. The van der Waals surface area contributed by atoms with E-state index in [-0.39, 0.29) is 18.1 Å². The molecule has 4 aromatic rings. The minimum atomic E-state index is -0.557. The van der Waals surface area contributed by atoms with Gasteiger partial charge in [-0.05, 0) is 16.3 Å². The van der Waals surface area contributed by atoms with Gasteiger partial charge in [0.05, 0.1) is 23.4 Å². The van der Waals surface area contributed by atoms with E-state index in [0.717, 1.165) is 22.5 Å². The molecule has 0 radical (unpaired) electrons. The standard InChI is InChI=1S/C19H16N6O3/c26-19(13-24-12-17(9-21-24)25(27)28)22-16-8-20-23(11-16)10-15-6-3-5-14-4-1-2-7-18(14)15/h1-9,11-12H,10,13H2,(H,22,26). The lowest BCUT2D eigenvalue weighted by Crippen LogP contribution is -2.18. The van der Waals surface area contributed by atoms with Crippen LogP contribution >= 0.6 is 0 Å². The van der Waals surface area contributed by atoms with Crippen LogP contribution in [0.4, 0.5) is 11.4 Å². The SMILES string of the molecule is O=C(Cn1cc([N+](=O)[O-])cn1)Nc1cnn(Cc2cccc3ccccc23)c1. The summed E-state index contributed by atoms with van der Waals surface area (Å²) in [6.07, 6.45) is 5.62. The zero-order valence-corrected chi connectivity index (χ0v) is 14.7. The Bertz CT molecular complexity index is 1160. The third kappa shape index (κ3) is 3.73. The average molecular weight is 376 g/mol. The number of rotatable bonds is 6. The van der Waals surface area contributed by atoms with E-state index in [4.69, 9.17) is 0 Å². The van der Waals surface area contributed by atoms with Crippen molar-refractivity contribution < 1.29 is 9.72 Å². The number of aromatic nitrogens is 4. The molecule has 2 aromatic carbocycles. The monoisotopic (exact) mass is 376 g/mol. The summed E-state index contributed by atoms with van der Waals surface area (Å²) in [7, 11) is 0. The molecule has 0 aliphatic heterocycles. The topological polar surface area (TPSA) is 108 Å². The summed E-state index contributed by atoms with van der Waals surface area (Å²) >= 11 is 0. The van der Waals surface area contributed by atoms with E-state index in [2.05, 4.69) is 33.7 Å². The van der Waals surface area contributed by atoms with Crippen LogP contribution in [-0.2, 0) is 17.9 Å². The molecule has 1 N–H and O–H groups in total. The van der Waals surface area contributed by atoms with Gasteiger partial charge >= 0.3 is 5.69 Å². The molecule has 0 saturated carbocycles. The zero-order chi connectivity index (χ0) is 19.5. The molecule has 0 aliphatic rings. The number of nitrogens with one attached hydrogen (secondary N) is 1. The van der Waals surface area contributed by atoms with E-state index < -0.39 is 4.92 Å². The number of carbonyl (C=O) groups is 1. The summed E-state index contributed by atoms with van der Waals surface area (Å²) in [5.74, 6) is -0.345. The van der Waals surface area contributed by atoms with Gasteiger partial charge in [0.2, 0.25) is 5.91 Å². The number of fused-ring (bicyclic) bond motifs is 1. The molecular weight excluding hydrogens is 360 g/mol. The fourth-order valence-corrected chi connectivity index (χ4v) is 3.00. The van der Waals surface area contributed by atoms with Crippen molar-refractivity contribution in [2.75, 3.05) is 5.32 Å². The van der Waals surface area contributed by atoms with E-state index in [0.29, 0.717) is 12.2 Å². The van der Waals surface area contributed by atoms with Crippen molar-refractivity contribution in [1.29, 1.82) is 0 Å². The van der Waals surface area contributed by atoms with Crippen molar-refractivity contribution in [3.63, 3.8) is 0 Å². The van der Waals surface area contributed by atoms with E-state index in [9.17, 15) is 14.9 Å². The maximum absolute atomic E-state index is 12.1. The van der Waals surface area contributed by atoms with Gasteiger partial charge in [-0.15, -0.1) is 0 Å². The Kier molecular flexibility index (Phi) is 4.55. The molecule has 0 atom stereocenters. The second-order valence-electron chi connectivity index (χ2n) is 6.27. The number of anilines is 1. The van der Waals surface area contributed by atoms with Gasteiger partial charge in [-0.1, -0.05) is 42.5 Å². The Hall–Kier alpha value is -4.01. The third-order valence-electron chi connectivity index (χ3n) is 4.27. The average Bonchev–Trinajstić information content (AvgIpc) is 3.32. The van der Waals surface area contributed by atoms with Crippen LogP contribution in [0.3, 0.4) is 0 Å². The van der Waals surface area contributed by atoms with Gasteiger partial charge in [-0.3, -0.25) is 24.3 Å². The molecule has 0 bridgehead atoms. The summed E-state index contributed by atoms with van der Waals surface area (Å²) < 4.78 is 2.96. The van der Waals surface area contributed by atoms with Crippen molar-refractivity contribution >= 4 is 28.1 Å². The van der Waals surface area contributed by atoms with E-state index in [1.165, 1.54) is 10.9 Å². The summed E-state index contributed by atoms with van der Waals surface area (Å²) in [6, 6.07) is 14.3. The predicted molar refractivity (Wildman–Crippen MR) is 103 cm³/mol. The van der Waals surface area contributed by atoms with Gasteiger partial charge in [-0.2, -0.15) is 10.2 Å². The van der Waals surface area contributed by atoms with Crippen LogP contribution in [0.1, 0.15) is 5.56 Å². The van der Waals surface area contributed by atoms with Crippen LogP contribution in [0.25, 0.3) is 10.8 Å². The molecule has 2 aromatic heterocycles. The van der Waals surface area contributed by atoms with Gasteiger partial charge in [0.1, 0.15) is 18.9 Å². The first kappa shape index (κ1) is 17.4. The van der Waals surface area contributed by atoms with Gasteiger partial charge in [0.15, 0.2) is 0 Å². The second-order valence-corrected chi connectivity index (χ2v) is 6.27. The van der Waals surface area contributed by atoms with Gasteiger partial charge in [0, 0.05) is 6.20 Å². The Labute approximate surface area is 159 Å². The van der Waals surface area contributed by atoms with Gasteiger partial charge in [0.25, 0.3) is 0 Å². The molecule has 0 saturated heterocycles. The Morgan fingerprint density at radius 3 is 2.64 bits per heavy atom.